The number of esters is 1. The molecule has 168 valence electrons. The van der Waals surface area contributed by atoms with Crippen LogP contribution in [0.1, 0.15) is 45.7 Å². The van der Waals surface area contributed by atoms with E-state index in [1.807, 2.05) is 52.0 Å². The fourth-order valence-electron chi connectivity index (χ4n) is 3.44. The van der Waals surface area contributed by atoms with Gasteiger partial charge in [0.1, 0.15) is 6.61 Å². The summed E-state index contributed by atoms with van der Waals surface area (Å²) in [6.07, 6.45) is 1.02. The van der Waals surface area contributed by atoms with Crippen LogP contribution in [0.4, 0.5) is 5.69 Å². The first-order valence-corrected chi connectivity index (χ1v) is 11.5. The molecule has 7 nitrogen and oxygen atoms in total. The van der Waals surface area contributed by atoms with Gasteiger partial charge in [-0.1, -0.05) is 44.7 Å². The molecule has 1 atom stereocenters. The van der Waals surface area contributed by atoms with Gasteiger partial charge in [-0.2, -0.15) is 0 Å². The fourth-order valence-corrected chi connectivity index (χ4v) is 4.46. The first-order valence-electron chi connectivity index (χ1n) is 10.5. The zero-order valence-corrected chi connectivity index (χ0v) is 19.7. The van der Waals surface area contributed by atoms with Gasteiger partial charge in [0.05, 0.1) is 23.9 Å². The molecule has 31 heavy (non-hydrogen) atoms. The van der Waals surface area contributed by atoms with Crippen LogP contribution >= 0.6 is 11.8 Å². The summed E-state index contributed by atoms with van der Waals surface area (Å²) in [6, 6.07) is 7.40. The highest BCUT2D eigenvalue weighted by Crippen LogP contribution is 2.40. The van der Waals surface area contributed by atoms with Crippen molar-refractivity contribution in [3.63, 3.8) is 0 Å². The normalized spacial score (nSPS) is 18.9. The number of allylic oxidation sites excluding steroid dienone is 1. The Morgan fingerprint density at radius 3 is 2.58 bits per heavy atom. The van der Waals surface area contributed by atoms with Crippen molar-refractivity contribution in [3.05, 3.63) is 41.1 Å². The first-order chi connectivity index (χ1) is 14.7. The average molecular weight is 446 g/mol. The molecular weight excluding hydrogens is 414 g/mol. The van der Waals surface area contributed by atoms with Crippen LogP contribution in [-0.2, 0) is 19.1 Å². The number of thioether (sulfide) groups is 1. The molecular formula is C23H31N3O4S. The van der Waals surface area contributed by atoms with E-state index in [1.165, 1.54) is 0 Å². The Bertz CT molecular complexity index is 887. The van der Waals surface area contributed by atoms with E-state index in [-0.39, 0.29) is 24.5 Å². The van der Waals surface area contributed by atoms with Crippen LogP contribution in [0.5, 0.6) is 0 Å². The number of nitrogens with one attached hydrogen (secondary N) is 1. The summed E-state index contributed by atoms with van der Waals surface area (Å²) in [5.74, 6) is 0.599. The molecule has 0 aliphatic carbocycles. The summed E-state index contributed by atoms with van der Waals surface area (Å²) in [5.41, 5.74) is 2.44. The van der Waals surface area contributed by atoms with E-state index in [2.05, 4.69) is 10.2 Å². The molecule has 1 N–H and O–H groups in total. The molecule has 2 aliphatic heterocycles. The summed E-state index contributed by atoms with van der Waals surface area (Å²) in [5, 5.41) is 3.88. The van der Waals surface area contributed by atoms with Crippen molar-refractivity contribution in [2.45, 2.75) is 40.2 Å². The third-order valence-electron chi connectivity index (χ3n) is 5.16. The number of fused-ring (bicyclic) bond motifs is 1. The van der Waals surface area contributed by atoms with E-state index < -0.39 is 5.41 Å². The van der Waals surface area contributed by atoms with E-state index in [4.69, 9.17) is 14.5 Å². The zero-order chi connectivity index (χ0) is 22.6. The number of rotatable bonds is 6. The number of amides is 1. The van der Waals surface area contributed by atoms with Crippen molar-refractivity contribution in [3.8, 4) is 0 Å². The number of hydrogen-bond donors (Lipinski definition) is 1. The van der Waals surface area contributed by atoms with Gasteiger partial charge in [-0.05, 0) is 31.0 Å². The van der Waals surface area contributed by atoms with Gasteiger partial charge in [-0.25, -0.2) is 9.79 Å². The van der Waals surface area contributed by atoms with Gasteiger partial charge < -0.3 is 19.7 Å². The highest BCUT2D eigenvalue weighted by molar-refractivity contribution is 8.13. The Morgan fingerprint density at radius 2 is 1.94 bits per heavy atom. The van der Waals surface area contributed by atoms with Crippen molar-refractivity contribution in [1.29, 1.82) is 0 Å². The predicted molar refractivity (Wildman–Crippen MR) is 124 cm³/mol. The average Bonchev–Trinajstić information content (AvgIpc) is 2.72. The van der Waals surface area contributed by atoms with Crippen LogP contribution in [0, 0.1) is 5.41 Å². The Kier molecular flexibility index (Phi) is 7.43. The largest absolute Gasteiger partial charge is 0.460 e. The highest BCUT2D eigenvalue weighted by Gasteiger charge is 2.38. The third-order valence-corrected chi connectivity index (χ3v) is 6.24. The molecule has 1 fully saturated rings. The van der Waals surface area contributed by atoms with E-state index in [0.29, 0.717) is 17.9 Å². The van der Waals surface area contributed by atoms with Crippen LogP contribution in [0.25, 0.3) is 0 Å². The number of methoxy groups -OCH3 is 1. The fraction of sp³-hybridized carbons (Fsp3) is 0.522. The summed E-state index contributed by atoms with van der Waals surface area (Å²) >= 11 is 1.71. The van der Waals surface area contributed by atoms with Crippen LogP contribution < -0.4 is 5.32 Å². The third kappa shape index (κ3) is 5.49. The van der Waals surface area contributed by atoms with E-state index in [9.17, 15) is 9.59 Å². The molecule has 1 aromatic rings. The quantitative estimate of drug-likeness (QED) is 0.527. The number of anilines is 1. The van der Waals surface area contributed by atoms with Crippen LogP contribution in [-0.4, -0.2) is 54.6 Å². The van der Waals surface area contributed by atoms with Crippen molar-refractivity contribution in [2.24, 2.45) is 10.4 Å². The second-order valence-electron chi connectivity index (χ2n) is 8.65. The van der Waals surface area contributed by atoms with Crippen molar-refractivity contribution in [1.82, 2.24) is 4.90 Å². The van der Waals surface area contributed by atoms with Gasteiger partial charge in [-0.3, -0.25) is 4.79 Å². The molecule has 1 saturated heterocycles. The molecule has 1 amide bonds. The van der Waals surface area contributed by atoms with Crippen molar-refractivity contribution >= 4 is 34.5 Å². The lowest BCUT2D eigenvalue weighted by Gasteiger charge is -2.40. The van der Waals surface area contributed by atoms with Gasteiger partial charge in [0.25, 0.3) is 0 Å². The van der Waals surface area contributed by atoms with Crippen molar-refractivity contribution < 1.29 is 19.1 Å². The lowest BCUT2D eigenvalue weighted by atomic mass is 9.93. The zero-order valence-electron chi connectivity index (χ0n) is 18.9. The standard InChI is InChI=1S/C23H31N3O4S/c1-15-18(20(27)30-13-12-29-5)19(26-11-6-14-31-22(26)24-15)16-7-9-17(10-8-16)25-21(28)23(2,3)4/h7-10,19H,6,11-14H2,1-5H3,(H,25,28). The highest BCUT2D eigenvalue weighted by atomic mass is 32.2. The monoisotopic (exact) mass is 445 g/mol. The number of ether oxygens (including phenoxy) is 2. The molecule has 0 bridgehead atoms. The minimum atomic E-state index is -0.475. The number of amidine groups is 1. The Balaban J connectivity index is 1.90. The smallest absolute Gasteiger partial charge is 0.338 e. The number of carbonyl (C=O) groups is 2. The summed E-state index contributed by atoms with van der Waals surface area (Å²) in [6.45, 7) is 8.85. The predicted octanol–water partition coefficient (Wildman–Crippen LogP) is 3.98. The molecule has 8 heteroatoms. The second-order valence-corrected chi connectivity index (χ2v) is 9.71. The van der Waals surface area contributed by atoms with Gasteiger partial charge in [0, 0.05) is 30.5 Å². The number of hydrogen-bond acceptors (Lipinski definition) is 7. The topological polar surface area (TPSA) is 80.2 Å². The van der Waals surface area contributed by atoms with Crippen molar-refractivity contribution in [2.75, 3.05) is 37.9 Å². The Labute approximate surface area is 188 Å². The number of nitrogens with zero attached hydrogens (tertiary/aromatic N) is 2. The minimum Gasteiger partial charge on any atom is -0.460 e. The van der Waals surface area contributed by atoms with Gasteiger partial charge >= 0.3 is 5.97 Å². The maximum Gasteiger partial charge on any atom is 0.338 e. The molecule has 1 unspecified atom stereocenters. The Hall–Kier alpha value is -2.32. The van der Waals surface area contributed by atoms with Gasteiger partial charge in [-0.15, -0.1) is 0 Å². The van der Waals surface area contributed by atoms with E-state index >= 15 is 0 Å². The summed E-state index contributed by atoms with van der Waals surface area (Å²) in [7, 11) is 1.57. The van der Waals surface area contributed by atoms with Gasteiger partial charge in [0.15, 0.2) is 5.17 Å². The number of benzene rings is 1. The van der Waals surface area contributed by atoms with E-state index in [0.717, 1.165) is 35.1 Å². The molecule has 0 saturated carbocycles. The maximum absolute atomic E-state index is 13.0. The molecule has 0 aromatic heterocycles. The minimum absolute atomic E-state index is 0.0436. The lowest BCUT2D eigenvalue weighted by Crippen LogP contribution is -2.42. The molecule has 0 radical (unpaired) electrons. The molecule has 2 heterocycles. The molecule has 0 spiro atoms. The van der Waals surface area contributed by atoms with Crippen LogP contribution in [0.2, 0.25) is 0 Å². The summed E-state index contributed by atoms with van der Waals surface area (Å²) < 4.78 is 10.5. The molecule has 3 rings (SSSR count). The number of aliphatic imine (C=N–C) groups is 1. The molecule has 2 aliphatic rings. The van der Waals surface area contributed by atoms with Crippen LogP contribution in [0.15, 0.2) is 40.5 Å². The van der Waals surface area contributed by atoms with Gasteiger partial charge in [0.2, 0.25) is 5.91 Å². The number of carbonyl (C=O) groups excluding carboxylic acids is 2. The lowest BCUT2D eigenvalue weighted by molar-refractivity contribution is -0.141. The maximum atomic E-state index is 13.0. The molecule has 1 aromatic carbocycles. The SMILES string of the molecule is COCCOC(=O)C1=C(C)N=C2SCCCN2C1c1ccc(NC(=O)C(C)(C)C)cc1. The van der Waals surface area contributed by atoms with Crippen LogP contribution in [0.3, 0.4) is 0 Å². The Morgan fingerprint density at radius 1 is 1.23 bits per heavy atom. The van der Waals surface area contributed by atoms with E-state index in [1.54, 1.807) is 18.9 Å². The second kappa shape index (κ2) is 9.87. The summed E-state index contributed by atoms with van der Waals surface area (Å²) in [4.78, 5) is 32.1. The first kappa shape index (κ1) is 23.3.